The zero-order chi connectivity index (χ0) is 22.1. The van der Waals surface area contributed by atoms with E-state index in [1.54, 1.807) is 18.2 Å². The van der Waals surface area contributed by atoms with Crippen LogP contribution in [0.15, 0.2) is 24.3 Å². The summed E-state index contributed by atoms with van der Waals surface area (Å²) in [4.78, 5) is 35.5. The van der Waals surface area contributed by atoms with Gasteiger partial charge in [-0.3, -0.25) is 9.69 Å². The smallest absolute Gasteiger partial charge is 0.414 e. The predicted octanol–water partition coefficient (Wildman–Crippen LogP) is 2.26. The van der Waals surface area contributed by atoms with Gasteiger partial charge >= 0.3 is 11.9 Å². The van der Waals surface area contributed by atoms with Crippen molar-refractivity contribution in [2.75, 3.05) is 31.5 Å². The minimum absolute atomic E-state index is 0.128. The van der Waals surface area contributed by atoms with Crippen LogP contribution in [0.5, 0.6) is 0 Å². The molecule has 0 spiro atoms. The number of rotatable bonds is 4. The van der Waals surface area contributed by atoms with Crippen molar-refractivity contribution in [1.82, 2.24) is 9.80 Å². The molecule has 1 amide bonds. The molecule has 0 radical (unpaired) electrons. The average Bonchev–Trinajstić information content (AvgIpc) is 2.76. The molecule has 2 aliphatic rings. The quantitative estimate of drug-likeness (QED) is 0.637. The number of carboxylic acids is 2. The van der Waals surface area contributed by atoms with Crippen molar-refractivity contribution in [3.05, 3.63) is 30.1 Å². The molecule has 1 aromatic carbocycles. The molecule has 0 bridgehead atoms. The number of benzene rings is 1. The summed E-state index contributed by atoms with van der Waals surface area (Å²) in [5, 5.41) is 17.5. The van der Waals surface area contributed by atoms with E-state index in [-0.39, 0.29) is 23.5 Å². The monoisotopic (exact) mass is 423 g/mol. The van der Waals surface area contributed by atoms with Crippen molar-refractivity contribution in [3.63, 3.8) is 0 Å². The molecule has 8 nitrogen and oxygen atoms in total. The van der Waals surface area contributed by atoms with Gasteiger partial charge in [0.25, 0.3) is 0 Å². The molecule has 1 aromatic rings. The van der Waals surface area contributed by atoms with Gasteiger partial charge in [-0.05, 0) is 57.8 Å². The van der Waals surface area contributed by atoms with Gasteiger partial charge in [0, 0.05) is 19.1 Å². The lowest BCUT2D eigenvalue weighted by Crippen LogP contribution is -2.51. The maximum Gasteiger partial charge on any atom is 0.414 e. The van der Waals surface area contributed by atoms with Crippen LogP contribution < -0.4 is 5.32 Å². The van der Waals surface area contributed by atoms with E-state index in [1.807, 2.05) is 6.92 Å². The Morgan fingerprint density at radius 3 is 2.10 bits per heavy atom. The van der Waals surface area contributed by atoms with Crippen LogP contribution in [-0.2, 0) is 14.4 Å². The van der Waals surface area contributed by atoms with Crippen LogP contribution in [-0.4, -0.2) is 76.1 Å². The number of nitrogens with one attached hydrogen (secondary N) is 1. The summed E-state index contributed by atoms with van der Waals surface area (Å²) in [6, 6.07) is 6.76. The molecule has 166 valence electrons. The number of aliphatic carboxylic acids is 2. The number of hydrogen-bond donors (Lipinski definition) is 3. The second kappa shape index (κ2) is 11.6. The van der Waals surface area contributed by atoms with Crippen molar-refractivity contribution in [1.29, 1.82) is 0 Å². The fourth-order valence-electron chi connectivity index (χ4n) is 3.89. The number of amides is 1. The lowest BCUT2D eigenvalue weighted by molar-refractivity contribution is -0.159. The lowest BCUT2D eigenvalue weighted by Gasteiger charge is -2.41. The van der Waals surface area contributed by atoms with E-state index in [4.69, 9.17) is 19.8 Å². The third-order valence-electron chi connectivity index (χ3n) is 5.65. The molecule has 2 saturated heterocycles. The fraction of sp³-hybridized carbons (Fsp3) is 0.571. The SMILES string of the molecule is CC(C(=O)Nc1ccccc1F)N1CCC(N2CCCCC2)CC1.O=C(O)C(=O)O. The minimum atomic E-state index is -1.82. The Hall–Kier alpha value is -2.52. The highest BCUT2D eigenvalue weighted by Crippen LogP contribution is 2.22. The standard InChI is InChI=1S/C19H28FN3O.C2H2O4/c1-15(19(24)21-18-8-4-3-7-17(18)20)22-13-9-16(10-14-22)23-11-5-2-6-12-23;3-1(4)2(5)6/h3-4,7-8,15-16H,2,5-6,9-14H2,1H3,(H,21,24);(H,3,4)(H,5,6). The van der Waals surface area contributed by atoms with E-state index in [0.717, 1.165) is 25.9 Å². The molecule has 3 rings (SSSR count). The van der Waals surface area contributed by atoms with E-state index in [1.165, 1.54) is 38.4 Å². The van der Waals surface area contributed by atoms with Crippen LogP contribution in [0.4, 0.5) is 10.1 Å². The van der Waals surface area contributed by atoms with E-state index in [2.05, 4.69) is 15.1 Å². The van der Waals surface area contributed by atoms with Gasteiger partial charge in [0.1, 0.15) is 5.82 Å². The number of carbonyl (C=O) groups is 3. The first-order valence-corrected chi connectivity index (χ1v) is 10.3. The molecule has 0 aliphatic carbocycles. The van der Waals surface area contributed by atoms with E-state index < -0.39 is 11.9 Å². The van der Waals surface area contributed by atoms with Crippen LogP contribution in [0, 0.1) is 5.82 Å². The van der Waals surface area contributed by atoms with E-state index in [9.17, 15) is 9.18 Å². The van der Waals surface area contributed by atoms with E-state index in [0.29, 0.717) is 6.04 Å². The third kappa shape index (κ3) is 7.07. The molecule has 2 fully saturated rings. The van der Waals surface area contributed by atoms with Crippen molar-refractivity contribution in [3.8, 4) is 0 Å². The highest BCUT2D eigenvalue weighted by atomic mass is 19.1. The van der Waals surface area contributed by atoms with Crippen molar-refractivity contribution >= 4 is 23.5 Å². The van der Waals surface area contributed by atoms with Gasteiger partial charge in [-0.2, -0.15) is 0 Å². The zero-order valence-electron chi connectivity index (χ0n) is 17.2. The predicted molar refractivity (Wildman–Crippen MR) is 110 cm³/mol. The van der Waals surface area contributed by atoms with Gasteiger partial charge in [-0.25, -0.2) is 14.0 Å². The number of piperidine rings is 2. The summed E-state index contributed by atoms with van der Waals surface area (Å²) in [5.74, 6) is -4.16. The van der Waals surface area contributed by atoms with Crippen molar-refractivity contribution in [2.45, 2.75) is 51.1 Å². The number of carbonyl (C=O) groups excluding carboxylic acids is 1. The second-order valence-corrected chi connectivity index (χ2v) is 7.62. The topological polar surface area (TPSA) is 110 Å². The fourth-order valence-corrected chi connectivity index (χ4v) is 3.89. The molecule has 2 heterocycles. The Bertz CT molecular complexity index is 719. The summed E-state index contributed by atoms with van der Waals surface area (Å²) >= 11 is 0. The van der Waals surface area contributed by atoms with Gasteiger partial charge in [-0.15, -0.1) is 0 Å². The number of hydrogen-bond acceptors (Lipinski definition) is 5. The molecule has 3 N–H and O–H groups in total. The Balaban J connectivity index is 0.000000469. The van der Waals surface area contributed by atoms with Crippen LogP contribution in [0.25, 0.3) is 0 Å². The molecular weight excluding hydrogens is 393 g/mol. The molecule has 30 heavy (non-hydrogen) atoms. The largest absolute Gasteiger partial charge is 0.473 e. The number of likely N-dealkylation sites (tertiary alicyclic amines) is 2. The first-order valence-electron chi connectivity index (χ1n) is 10.3. The number of nitrogens with zero attached hydrogens (tertiary/aromatic N) is 2. The highest BCUT2D eigenvalue weighted by molar-refractivity contribution is 6.27. The summed E-state index contributed by atoms with van der Waals surface area (Å²) in [6.45, 7) is 6.25. The normalized spacial score (nSPS) is 19.3. The van der Waals surface area contributed by atoms with Crippen molar-refractivity contribution in [2.24, 2.45) is 0 Å². The van der Waals surface area contributed by atoms with Gasteiger partial charge in [0.15, 0.2) is 0 Å². The molecular formula is C21H30FN3O5. The molecule has 1 atom stereocenters. The third-order valence-corrected chi connectivity index (χ3v) is 5.65. The number of anilines is 1. The molecule has 2 aliphatic heterocycles. The Kier molecular flexibility index (Phi) is 9.19. The summed E-state index contributed by atoms with van der Waals surface area (Å²) in [7, 11) is 0. The molecule has 0 aromatic heterocycles. The van der Waals surface area contributed by atoms with Gasteiger partial charge in [0.2, 0.25) is 5.91 Å². The molecule has 0 saturated carbocycles. The number of para-hydroxylation sites is 1. The van der Waals surface area contributed by atoms with Crippen LogP contribution in [0.3, 0.4) is 0 Å². The van der Waals surface area contributed by atoms with Crippen molar-refractivity contribution < 1.29 is 29.0 Å². The Morgan fingerprint density at radius 2 is 1.57 bits per heavy atom. The van der Waals surface area contributed by atoms with Crippen LogP contribution in [0.1, 0.15) is 39.0 Å². The Morgan fingerprint density at radius 1 is 1.00 bits per heavy atom. The summed E-state index contributed by atoms with van der Waals surface area (Å²) in [6.07, 6.45) is 6.25. The maximum absolute atomic E-state index is 13.7. The lowest BCUT2D eigenvalue weighted by atomic mass is 9.99. The zero-order valence-corrected chi connectivity index (χ0v) is 17.2. The summed E-state index contributed by atoms with van der Waals surface area (Å²) in [5.41, 5.74) is 0.262. The number of carboxylic acid groups (broad SMARTS) is 2. The highest BCUT2D eigenvalue weighted by Gasteiger charge is 2.30. The molecule has 9 heteroatoms. The van der Waals surface area contributed by atoms with Gasteiger partial charge < -0.3 is 20.4 Å². The van der Waals surface area contributed by atoms with Gasteiger partial charge in [-0.1, -0.05) is 18.6 Å². The van der Waals surface area contributed by atoms with Crippen LogP contribution >= 0.6 is 0 Å². The number of halogens is 1. The minimum Gasteiger partial charge on any atom is -0.473 e. The van der Waals surface area contributed by atoms with E-state index >= 15 is 0 Å². The van der Waals surface area contributed by atoms with Crippen LogP contribution in [0.2, 0.25) is 0 Å². The van der Waals surface area contributed by atoms with Gasteiger partial charge in [0.05, 0.1) is 11.7 Å². The average molecular weight is 423 g/mol. The first kappa shape index (κ1) is 23.8. The Labute approximate surface area is 175 Å². The first-order chi connectivity index (χ1) is 14.3. The second-order valence-electron chi connectivity index (χ2n) is 7.62. The molecule has 1 unspecified atom stereocenters. The summed E-state index contributed by atoms with van der Waals surface area (Å²) < 4.78 is 13.7. The maximum atomic E-state index is 13.7.